The summed E-state index contributed by atoms with van der Waals surface area (Å²) < 4.78 is 0. The third-order valence-corrected chi connectivity index (χ3v) is 2.57. The molecule has 0 saturated carbocycles. The van der Waals surface area contributed by atoms with Crippen LogP contribution in [0.1, 0.15) is 23.1 Å². The lowest BCUT2D eigenvalue weighted by Crippen LogP contribution is -2.05. The summed E-state index contributed by atoms with van der Waals surface area (Å²) in [5.41, 5.74) is 4.36. The highest BCUT2D eigenvalue weighted by Crippen LogP contribution is 2.23. The van der Waals surface area contributed by atoms with Gasteiger partial charge in [0.15, 0.2) is 0 Å². The van der Waals surface area contributed by atoms with Crippen molar-refractivity contribution in [2.75, 3.05) is 6.61 Å². The van der Waals surface area contributed by atoms with Crippen LogP contribution in [-0.4, -0.2) is 23.4 Å². The predicted octanol–water partition coefficient (Wildman–Crippen LogP) is 1.75. The van der Waals surface area contributed by atoms with Gasteiger partial charge in [0.05, 0.1) is 5.71 Å². The zero-order chi connectivity index (χ0) is 11.5. The Morgan fingerprint density at radius 3 is 3.06 bits per heavy atom. The maximum atomic E-state index is 10.3. The fourth-order valence-electron chi connectivity index (χ4n) is 1.82. The lowest BCUT2D eigenvalue weighted by molar-refractivity contribution is -0.142. The number of hydrogen-bond acceptors (Lipinski definition) is 3. The number of oxime groups is 1. The summed E-state index contributed by atoms with van der Waals surface area (Å²) in [7, 11) is 0. The van der Waals surface area contributed by atoms with E-state index in [2.05, 4.69) is 23.4 Å². The minimum Gasteiger partial charge on any atom is -0.479 e. The van der Waals surface area contributed by atoms with E-state index in [1.165, 1.54) is 11.1 Å². The molecule has 1 aliphatic carbocycles. The average molecular weight is 219 g/mol. The summed E-state index contributed by atoms with van der Waals surface area (Å²) in [6.07, 6.45) is 1.77. The van der Waals surface area contributed by atoms with Crippen molar-refractivity contribution < 1.29 is 14.7 Å². The monoisotopic (exact) mass is 219 g/mol. The van der Waals surface area contributed by atoms with Crippen molar-refractivity contribution in [3.63, 3.8) is 0 Å². The van der Waals surface area contributed by atoms with Gasteiger partial charge < -0.3 is 9.94 Å². The Morgan fingerprint density at radius 1 is 1.50 bits per heavy atom. The second kappa shape index (κ2) is 4.35. The Labute approximate surface area is 93.5 Å². The summed E-state index contributed by atoms with van der Waals surface area (Å²) in [5, 5.41) is 12.3. The largest absolute Gasteiger partial charge is 0.479 e. The van der Waals surface area contributed by atoms with Crippen molar-refractivity contribution >= 4 is 11.7 Å². The fraction of sp³-hybridized carbons (Fsp3) is 0.333. The molecule has 1 aromatic rings. The summed E-state index contributed by atoms with van der Waals surface area (Å²) in [5.74, 6) is -1.01. The molecule has 84 valence electrons. The molecule has 0 amide bonds. The van der Waals surface area contributed by atoms with Crippen LogP contribution in [0.25, 0.3) is 0 Å². The third-order valence-electron chi connectivity index (χ3n) is 2.57. The number of benzene rings is 1. The summed E-state index contributed by atoms with van der Waals surface area (Å²) in [6, 6.07) is 6.22. The fourth-order valence-corrected chi connectivity index (χ4v) is 1.82. The molecule has 0 saturated heterocycles. The highest BCUT2D eigenvalue weighted by atomic mass is 16.6. The van der Waals surface area contributed by atoms with E-state index in [0.717, 1.165) is 24.1 Å². The van der Waals surface area contributed by atoms with E-state index in [9.17, 15) is 4.79 Å². The smallest absolute Gasteiger partial charge is 0.344 e. The molecular formula is C12H13NO3. The van der Waals surface area contributed by atoms with E-state index >= 15 is 0 Å². The molecule has 0 bridgehead atoms. The zero-order valence-corrected chi connectivity index (χ0v) is 9.06. The molecule has 16 heavy (non-hydrogen) atoms. The minimum atomic E-state index is -1.01. The lowest BCUT2D eigenvalue weighted by atomic mass is 10.1. The third kappa shape index (κ3) is 2.21. The number of hydrogen-bond donors (Lipinski definition) is 1. The van der Waals surface area contributed by atoms with Gasteiger partial charge in [0, 0.05) is 5.56 Å². The van der Waals surface area contributed by atoms with Crippen molar-refractivity contribution in [2.45, 2.75) is 19.8 Å². The Bertz CT molecular complexity index is 452. The van der Waals surface area contributed by atoms with E-state index in [-0.39, 0.29) is 6.61 Å². The standard InChI is InChI=1S/C12H13NO3/c1-8-2-3-9-4-5-11(10(9)6-8)13-16-7-12(14)15/h2-3,6H,4-5,7H2,1H3,(H,14,15)/b13-11-. The van der Waals surface area contributed by atoms with Crippen LogP contribution in [-0.2, 0) is 16.1 Å². The van der Waals surface area contributed by atoms with E-state index in [0.29, 0.717) is 0 Å². The second-order valence-electron chi connectivity index (χ2n) is 3.87. The number of aryl methyl sites for hydroxylation is 2. The molecule has 1 aliphatic rings. The van der Waals surface area contributed by atoms with Gasteiger partial charge in [0.25, 0.3) is 0 Å². The maximum absolute atomic E-state index is 10.3. The second-order valence-corrected chi connectivity index (χ2v) is 3.87. The van der Waals surface area contributed by atoms with Crippen LogP contribution in [0.2, 0.25) is 0 Å². The normalized spacial score (nSPS) is 16.2. The van der Waals surface area contributed by atoms with Crippen molar-refractivity contribution in [3.8, 4) is 0 Å². The molecule has 0 radical (unpaired) electrons. The molecule has 0 aliphatic heterocycles. The highest BCUT2D eigenvalue weighted by molar-refractivity contribution is 6.04. The van der Waals surface area contributed by atoms with Gasteiger partial charge in [0.2, 0.25) is 6.61 Å². The molecule has 0 heterocycles. The van der Waals surface area contributed by atoms with Gasteiger partial charge in [0.1, 0.15) is 0 Å². The maximum Gasteiger partial charge on any atom is 0.344 e. The summed E-state index contributed by atoms with van der Waals surface area (Å²) in [4.78, 5) is 15.0. The molecule has 0 spiro atoms. The first-order valence-corrected chi connectivity index (χ1v) is 5.17. The number of aliphatic carboxylic acids is 1. The van der Waals surface area contributed by atoms with Crippen molar-refractivity contribution in [3.05, 3.63) is 34.9 Å². The van der Waals surface area contributed by atoms with Gasteiger partial charge in [-0.3, -0.25) is 0 Å². The van der Waals surface area contributed by atoms with Crippen molar-refractivity contribution in [2.24, 2.45) is 5.16 Å². The number of carboxylic acids is 1. The zero-order valence-electron chi connectivity index (χ0n) is 9.06. The molecule has 2 rings (SSSR count). The molecule has 4 nitrogen and oxygen atoms in total. The number of carbonyl (C=O) groups is 1. The van der Waals surface area contributed by atoms with Crippen LogP contribution in [0.4, 0.5) is 0 Å². The van der Waals surface area contributed by atoms with Gasteiger partial charge in [-0.2, -0.15) is 0 Å². The minimum absolute atomic E-state index is 0.384. The van der Waals surface area contributed by atoms with Crippen LogP contribution in [0, 0.1) is 6.92 Å². The van der Waals surface area contributed by atoms with Gasteiger partial charge in [-0.05, 0) is 31.4 Å². The molecule has 4 heteroatoms. The molecule has 0 fully saturated rings. The predicted molar refractivity (Wildman–Crippen MR) is 59.6 cm³/mol. The SMILES string of the molecule is Cc1ccc2c(c1)/C(=N\OCC(=O)O)CC2. The molecule has 0 atom stereocenters. The number of carboxylic acid groups (broad SMARTS) is 1. The average Bonchev–Trinajstić information content (AvgIpc) is 2.60. The Morgan fingerprint density at radius 2 is 2.31 bits per heavy atom. The Kier molecular flexibility index (Phi) is 2.90. The van der Waals surface area contributed by atoms with Crippen LogP contribution in [0.5, 0.6) is 0 Å². The van der Waals surface area contributed by atoms with Gasteiger partial charge in [-0.25, -0.2) is 4.79 Å². The van der Waals surface area contributed by atoms with E-state index in [1.807, 2.05) is 6.92 Å². The molecule has 0 unspecified atom stereocenters. The Hall–Kier alpha value is -1.84. The van der Waals surface area contributed by atoms with E-state index in [4.69, 9.17) is 9.94 Å². The summed E-state index contributed by atoms with van der Waals surface area (Å²) >= 11 is 0. The quantitative estimate of drug-likeness (QED) is 0.788. The van der Waals surface area contributed by atoms with Gasteiger partial charge in [-0.1, -0.05) is 22.9 Å². The topological polar surface area (TPSA) is 58.9 Å². The molecular weight excluding hydrogens is 206 g/mol. The summed E-state index contributed by atoms with van der Waals surface area (Å²) in [6.45, 7) is 1.64. The Balaban J connectivity index is 2.16. The number of nitrogens with zero attached hydrogens (tertiary/aromatic N) is 1. The first-order valence-electron chi connectivity index (χ1n) is 5.17. The highest BCUT2D eigenvalue weighted by Gasteiger charge is 2.18. The van der Waals surface area contributed by atoms with Crippen LogP contribution >= 0.6 is 0 Å². The van der Waals surface area contributed by atoms with Gasteiger partial charge in [-0.15, -0.1) is 0 Å². The number of fused-ring (bicyclic) bond motifs is 1. The van der Waals surface area contributed by atoms with Crippen LogP contribution in [0.3, 0.4) is 0 Å². The van der Waals surface area contributed by atoms with Crippen LogP contribution < -0.4 is 0 Å². The van der Waals surface area contributed by atoms with E-state index in [1.54, 1.807) is 0 Å². The molecule has 1 N–H and O–H groups in total. The van der Waals surface area contributed by atoms with Gasteiger partial charge >= 0.3 is 5.97 Å². The number of rotatable bonds is 3. The lowest BCUT2D eigenvalue weighted by Gasteiger charge is -2.01. The van der Waals surface area contributed by atoms with Crippen molar-refractivity contribution in [1.82, 2.24) is 0 Å². The van der Waals surface area contributed by atoms with Crippen molar-refractivity contribution in [1.29, 1.82) is 0 Å². The molecule has 0 aromatic heterocycles. The first kappa shape index (κ1) is 10.7. The first-order chi connectivity index (χ1) is 7.66. The molecule has 1 aromatic carbocycles. The van der Waals surface area contributed by atoms with Crippen LogP contribution in [0.15, 0.2) is 23.4 Å². The van der Waals surface area contributed by atoms with E-state index < -0.39 is 5.97 Å².